The van der Waals surface area contributed by atoms with E-state index in [4.69, 9.17) is 5.11 Å². The average molecular weight is 282 g/mol. The van der Waals surface area contributed by atoms with Gasteiger partial charge in [0.1, 0.15) is 0 Å². The van der Waals surface area contributed by atoms with Crippen molar-refractivity contribution < 1.29 is 9.90 Å². The summed E-state index contributed by atoms with van der Waals surface area (Å²) in [6, 6.07) is 6.04. The van der Waals surface area contributed by atoms with Gasteiger partial charge in [-0.3, -0.25) is 4.79 Å². The molecule has 0 radical (unpaired) electrons. The average Bonchev–Trinajstić information content (AvgIpc) is 2.53. The molecule has 0 unspecified atom stereocenters. The van der Waals surface area contributed by atoms with E-state index in [9.17, 15) is 4.79 Å². The number of aromatic nitrogens is 1. The number of halogens is 1. The van der Waals surface area contributed by atoms with Gasteiger partial charge >= 0.3 is 5.97 Å². The van der Waals surface area contributed by atoms with Gasteiger partial charge in [0.05, 0.1) is 6.42 Å². The Morgan fingerprint density at radius 2 is 2.25 bits per heavy atom. The summed E-state index contributed by atoms with van der Waals surface area (Å²) < 4.78 is 3.03. The quantitative estimate of drug-likeness (QED) is 0.939. The predicted octanol–water partition coefficient (Wildman–Crippen LogP) is 3.19. The molecule has 0 atom stereocenters. The smallest absolute Gasteiger partial charge is 0.305 e. The molecule has 2 rings (SSSR count). The lowest BCUT2D eigenvalue weighted by atomic mass is 10.2. The molecule has 1 heterocycles. The second-order valence-corrected chi connectivity index (χ2v) is 4.73. The van der Waals surface area contributed by atoms with Crippen LogP contribution in [-0.2, 0) is 11.3 Å². The van der Waals surface area contributed by atoms with Crippen LogP contribution in [0.3, 0.4) is 0 Å². The molecule has 4 heteroatoms. The van der Waals surface area contributed by atoms with Crippen LogP contribution >= 0.6 is 15.9 Å². The summed E-state index contributed by atoms with van der Waals surface area (Å²) in [6.45, 7) is 2.55. The Bertz CT molecular complexity index is 545. The summed E-state index contributed by atoms with van der Waals surface area (Å²) in [6.07, 6.45) is 2.15. The van der Waals surface area contributed by atoms with Crippen molar-refractivity contribution in [3.63, 3.8) is 0 Å². The monoisotopic (exact) mass is 281 g/mol. The van der Waals surface area contributed by atoms with Crippen LogP contribution in [0.1, 0.15) is 12.0 Å². The molecule has 0 bridgehead atoms. The van der Waals surface area contributed by atoms with Crippen LogP contribution in [0.2, 0.25) is 0 Å². The molecule has 84 valence electrons. The summed E-state index contributed by atoms with van der Waals surface area (Å²) in [4.78, 5) is 10.5. The highest BCUT2D eigenvalue weighted by molar-refractivity contribution is 9.10. The maximum absolute atomic E-state index is 10.5. The van der Waals surface area contributed by atoms with Gasteiger partial charge < -0.3 is 9.67 Å². The van der Waals surface area contributed by atoms with Crippen molar-refractivity contribution in [2.24, 2.45) is 0 Å². The van der Waals surface area contributed by atoms with Crippen molar-refractivity contribution in [3.8, 4) is 0 Å². The fourth-order valence-electron chi connectivity index (χ4n) is 1.85. The van der Waals surface area contributed by atoms with Gasteiger partial charge in [0, 0.05) is 28.1 Å². The number of rotatable bonds is 3. The Kier molecular flexibility index (Phi) is 3.01. The van der Waals surface area contributed by atoms with Crippen molar-refractivity contribution in [1.82, 2.24) is 4.57 Å². The van der Waals surface area contributed by atoms with Crippen LogP contribution in [0.15, 0.2) is 28.9 Å². The summed E-state index contributed by atoms with van der Waals surface area (Å²) in [5, 5.41) is 9.84. The largest absolute Gasteiger partial charge is 0.481 e. The summed E-state index contributed by atoms with van der Waals surface area (Å²) in [5.41, 5.74) is 2.25. The number of fused-ring (bicyclic) bond motifs is 1. The minimum Gasteiger partial charge on any atom is -0.481 e. The van der Waals surface area contributed by atoms with Crippen molar-refractivity contribution in [2.75, 3.05) is 0 Å². The Morgan fingerprint density at radius 3 is 2.94 bits per heavy atom. The van der Waals surface area contributed by atoms with Crippen LogP contribution in [0.25, 0.3) is 10.9 Å². The van der Waals surface area contributed by atoms with E-state index in [0.717, 1.165) is 9.99 Å². The van der Waals surface area contributed by atoms with E-state index < -0.39 is 5.97 Å². The van der Waals surface area contributed by atoms with E-state index in [1.807, 2.05) is 29.8 Å². The highest BCUT2D eigenvalue weighted by Crippen LogP contribution is 2.24. The number of hydrogen-bond donors (Lipinski definition) is 1. The third kappa shape index (κ3) is 2.11. The fraction of sp³-hybridized carbons (Fsp3) is 0.250. The minimum absolute atomic E-state index is 0.152. The molecule has 0 aliphatic rings. The van der Waals surface area contributed by atoms with Crippen molar-refractivity contribution in [3.05, 3.63) is 34.4 Å². The number of aliphatic carboxylic acids is 1. The van der Waals surface area contributed by atoms with E-state index in [1.54, 1.807) is 0 Å². The molecule has 3 nitrogen and oxygen atoms in total. The highest BCUT2D eigenvalue weighted by Gasteiger charge is 2.06. The lowest BCUT2D eigenvalue weighted by Crippen LogP contribution is -2.03. The predicted molar refractivity (Wildman–Crippen MR) is 66.6 cm³/mol. The van der Waals surface area contributed by atoms with Gasteiger partial charge in [0.15, 0.2) is 0 Å². The lowest BCUT2D eigenvalue weighted by Gasteiger charge is -2.02. The number of hydrogen-bond acceptors (Lipinski definition) is 1. The molecule has 0 aliphatic carbocycles. The Labute approximate surface area is 102 Å². The molecule has 1 aromatic heterocycles. The van der Waals surface area contributed by atoms with Crippen LogP contribution in [0, 0.1) is 6.92 Å². The molecule has 0 saturated heterocycles. The SMILES string of the molecule is Cc1cn(CCC(=O)O)c2ccc(Br)cc12. The van der Waals surface area contributed by atoms with Gasteiger partial charge in [-0.25, -0.2) is 0 Å². The zero-order valence-corrected chi connectivity index (χ0v) is 10.5. The van der Waals surface area contributed by atoms with E-state index in [0.29, 0.717) is 6.54 Å². The third-order valence-corrected chi connectivity index (χ3v) is 3.10. The van der Waals surface area contributed by atoms with Gasteiger partial charge in [0.2, 0.25) is 0 Å². The number of nitrogens with zero attached hydrogens (tertiary/aromatic N) is 1. The van der Waals surface area contributed by atoms with Gasteiger partial charge in [-0.1, -0.05) is 15.9 Å². The molecule has 1 aromatic carbocycles. The molecule has 0 aliphatic heterocycles. The van der Waals surface area contributed by atoms with Gasteiger partial charge in [-0.05, 0) is 30.7 Å². The summed E-state index contributed by atoms with van der Waals surface area (Å²) >= 11 is 3.43. The molecule has 0 fully saturated rings. The Hall–Kier alpha value is -1.29. The maximum atomic E-state index is 10.5. The first-order valence-electron chi connectivity index (χ1n) is 5.05. The first kappa shape index (κ1) is 11.2. The van der Waals surface area contributed by atoms with Crippen molar-refractivity contribution in [2.45, 2.75) is 19.9 Å². The molecule has 16 heavy (non-hydrogen) atoms. The number of carbonyl (C=O) groups is 1. The highest BCUT2D eigenvalue weighted by atomic mass is 79.9. The molecular formula is C12H12BrNO2. The Balaban J connectivity index is 2.43. The first-order chi connectivity index (χ1) is 7.58. The number of benzene rings is 1. The molecule has 0 amide bonds. The van der Waals surface area contributed by atoms with E-state index in [1.165, 1.54) is 10.9 Å². The van der Waals surface area contributed by atoms with E-state index in [-0.39, 0.29) is 6.42 Å². The van der Waals surface area contributed by atoms with Crippen LogP contribution in [0.4, 0.5) is 0 Å². The summed E-state index contributed by atoms with van der Waals surface area (Å²) in [7, 11) is 0. The van der Waals surface area contributed by atoms with Crippen LogP contribution in [0.5, 0.6) is 0 Å². The topological polar surface area (TPSA) is 42.2 Å². The van der Waals surface area contributed by atoms with Crippen LogP contribution < -0.4 is 0 Å². The van der Waals surface area contributed by atoms with Gasteiger partial charge in [-0.2, -0.15) is 0 Å². The van der Waals surface area contributed by atoms with E-state index >= 15 is 0 Å². The fourth-order valence-corrected chi connectivity index (χ4v) is 2.21. The molecule has 2 aromatic rings. The number of carboxylic acid groups (broad SMARTS) is 1. The minimum atomic E-state index is -0.767. The lowest BCUT2D eigenvalue weighted by molar-refractivity contribution is -0.137. The standard InChI is InChI=1S/C12H12BrNO2/c1-8-7-14(5-4-12(15)16)11-3-2-9(13)6-10(8)11/h2-3,6-7H,4-5H2,1H3,(H,15,16). The Morgan fingerprint density at radius 1 is 1.50 bits per heavy atom. The maximum Gasteiger partial charge on any atom is 0.305 e. The van der Waals surface area contributed by atoms with Crippen LogP contribution in [-0.4, -0.2) is 15.6 Å². The van der Waals surface area contributed by atoms with Crippen molar-refractivity contribution >= 4 is 32.8 Å². The van der Waals surface area contributed by atoms with E-state index in [2.05, 4.69) is 22.0 Å². The van der Waals surface area contributed by atoms with Gasteiger partial charge in [-0.15, -0.1) is 0 Å². The zero-order chi connectivity index (χ0) is 11.7. The number of carboxylic acids is 1. The molecule has 1 N–H and O–H groups in total. The zero-order valence-electron chi connectivity index (χ0n) is 8.90. The summed E-state index contributed by atoms with van der Waals surface area (Å²) in [5.74, 6) is -0.767. The first-order valence-corrected chi connectivity index (χ1v) is 5.84. The van der Waals surface area contributed by atoms with Gasteiger partial charge in [0.25, 0.3) is 0 Å². The molecule has 0 saturated carbocycles. The van der Waals surface area contributed by atoms with Crippen molar-refractivity contribution in [1.29, 1.82) is 0 Å². The second kappa shape index (κ2) is 4.29. The number of aryl methyl sites for hydroxylation is 2. The third-order valence-electron chi connectivity index (χ3n) is 2.61. The molecular weight excluding hydrogens is 270 g/mol. The second-order valence-electron chi connectivity index (χ2n) is 3.81. The normalized spacial score (nSPS) is 10.9. The molecule has 0 spiro atoms.